The van der Waals surface area contributed by atoms with Crippen LogP contribution in [0, 0.1) is 6.92 Å². The summed E-state index contributed by atoms with van der Waals surface area (Å²) in [5.41, 5.74) is 6.80. The molecule has 0 radical (unpaired) electrons. The molecule has 0 aliphatic carbocycles. The monoisotopic (exact) mass is 251 g/mol. The second kappa shape index (κ2) is 4.42. The van der Waals surface area contributed by atoms with Gasteiger partial charge in [0.05, 0.1) is 11.4 Å². The average Bonchev–Trinajstić information content (AvgIpc) is 2.60. The van der Waals surface area contributed by atoms with Gasteiger partial charge in [-0.3, -0.25) is 9.89 Å². The van der Waals surface area contributed by atoms with E-state index in [9.17, 15) is 4.79 Å². The van der Waals surface area contributed by atoms with Gasteiger partial charge in [-0.15, -0.1) is 0 Å². The number of halogens is 1. The number of nitrogens with two attached hydrogens (primary N) is 1. The van der Waals surface area contributed by atoms with E-state index in [4.69, 9.17) is 17.3 Å². The number of pyridine rings is 1. The van der Waals surface area contributed by atoms with Crippen molar-refractivity contribution in [3.05, 3.63) is 34.7 Å². The van der Waals surface area contributed by atoms with E-state index in [-0.39, 0.29) is 5.69 Å². The molecular formula is C10H10ClN5O. The van der Waals surface area contributed by atoms with E-state index in [0.29, 0.717) is 22.2 Å². The van der Waals surface area contributed by atoms with Crippen molar-refractivity contribution >= 4 is 29.0 Å². The first-order chi connectivity index (χ1) is 8.08. The van der Waals surface area contributed by atoms with Crippen LogP contribution in [0.25, 0.3) is 0 Å². The molecule has 0 aliphatic rings. The number of hydrogen-bond donors (Lipinski definition) is 3. The van der Waals surface area contributed by atoms with Crippen molar-refractivity contribution in [1.82, 2.24) is 15.2 Å². The molecular weight excluding hydrogens is 242 g/mol. The van der Waals surface area contributed by atoms with Gasteiger partial charge in [-0.05, 0) is 19.1 Å². The molecule has 7 heteroatoms. The molecule has 6 nitrogen and oxygen atoms in total. The van der Waals surface area contributed by atoms with E-state index in [2.05, 4.69) is 20.5 Å². The SMILES string of the molecule is Cc1[nH]nc(C(=O)Nc2cc(Cl)ccn2)c1N. The van der Waals surface area contributed by atoms with E-state index < -0.39 is 5.91 Å². The second-order valence-corrected chi connectivity index (χ2v) is 3.86. The summed E-state index contributed by atoms with van der Waals surface area (Å²) in [5, 5.41) is 9.49. The third kappa shape index (κ3) is 2.36. The standard InChI is InChI=1S/C10H10ClN5O/c1-5-8(12)9(16-15-5)10(17)14-7-4-6(11)2-3-13-7/h2-4H,12H2,1H3,(H,15,16)(H,13,14,17). The van der Waals surface area contributed by atoms with E-state index >= 15 is 0 Å². The Balaban J connectivity index is 2.20. The molecule has 2 aromatic rings. The van der Waals surface area contributed by atoms with Crippen LogP contribution in [0.1, 0.15) is 16.2 Å². The number of aryl methyl sites for hydroxylation is 1. The van der Waals surface area contributed by atoms with Crippen molar-refractivity contribution in [2.45, 2.75) is 6.92 Å². The van der Waals surface area contributed by atoms with Gasteiger partial charge in [-0.1, -0.05) is 11.6 Å². The number of carbonyl (C=O) groups excluding carboxylic acids is 1. The van der Waals surface area contributed by atoms with Crippen LogP contribution in [0.5, 0.6) is 0 Å². The number of nitrogens with one attached hydrogen (secondary N) is 2. The summed E-state index contributed by atoms with van der Waals surface area (Å²) in [6, 6.07) is 3.15. The minimum atomic E-state index is -0.429. The predicted octanol–water partition coefficient (Wildman–Crippen LogP) is 1.60. The molecule has 2 rings (SSSR count). The quantitative estimate of drug-likeness (QED) is 0.755. The lowest BCUT2D eigenvalue weighted by Gasteiger charge is -2.02. The third-order valence-corrected chi connectivity index (χ3v) is 2.41. The van der Waals surface area contributed by atoms with Crippen LogP contribution < -0.4 is 11.1 Å². The molecule has 2 heterocycles. The Morgan fingerprint density at radius 2 is 2.35 bits per heavy atom. The number of hydrogen-bond acceptors (Lipinski definition) is 4. The molecule has 2 aromatic heterocycles. The Hall–Kier alpha value is -2.08. The maximum absolute atomic E-state index is 11.8. The highest BCUT2D eigenvalue weighted by molar-refractivity contribution is 6.30. The Kier molecular flexibility index (Phi) is 2.97. The molecule has 0 aromatic carbocycles. The molecule has 0 saturated heterocycles. The van der Waals surface area contributed by atoms with Gasteiger partial charge in [-0.25, -0.2) is 4.98 Å². The number of amides is 1. The van der Waals surface area contributed by atoms with E-state index in [1.54, 1.807) is 13.0 Å². The zero-order valence-electron chi connectivity index (χ0n) is 8.99. The van der Waals surface area contributed by atoms with E-state index in [1.807, 2.05) is 0 Å². The minimum absolute atomic E-state index is 0.143. The van der Waals surface area contributed by atoms with Crippen molar-refractivity contribution < 1.29 is 4.79 Å². The Bertz CT molecular complexity index is 566. The first kappa shape index (κ1) is 11.4. The highest BCUT2D eigenvalue weighted by Crippen LogP contribution is 2.16. The van der Waals surface area contributed by atoms with Gasteiger partial charge in [0.25, 0.3) is 5.91 Å². The zero-order chi connectivity index (χ0) is 12.4. The average molecular weight is 252 g/mol. The smallest absolute Gasteiger partial charge is 0.279 e. The first-order valence-electron chi connectivity index (χ1n) is 4.81. The number of anilines is 2. The van der Waals surface area contributed by atoms with Crippen molar-refractivity contribution in [2.75, 3.05) is 11.1 Å². The molecule has 0 spiro atoms. The van der Waals surface area contributed by atoms with Crippen molar-refractivity contribution in [3.63, 3.8) is 0 Å². The number of nitrogen functional groups attached to an aromatic ring is 1. The Morgan fingerprint density at radius 1 is 1.59 bits per heavy atom. The van der Waals surface area contributed by atoms with Crippen LogP contribution in [-0.4, -0.2) is 21.1 Å². The summed E-state index contributed by atoms with van der Waals surface area (Å²) in [4.78, 5) is 15.7. The second-order valence-electron chi connectivity index (χ2n) is 3.42. The normalized spacial score (nSPS) is 10.2. The van der Waals surface area contributed by atoms with Gasteiger partial charge in [0.2, 0.25) is 0 Å². The summed E-state index contributed by atoms with van der Waals surface area (Å²) in [7, 11) is 0. The van der Waals surface area contributed by atoms with Gasteiger partial charge in [-0.2, -0.15) is 5.10 Å². The lowest BCUT2D eigenvalue weighted by Crippen LogP contribution is -2.15. The highest BCUT2D eigenvalue weighted by Gasteiger charge is 2.15. The molecule has 0 unspecified atom stereocenters. The number of aromatic amines is 1. The third-order valence-electron chi connectivity index (χ3n) is 2.17. The fourth-order valence-electron chi connectivity index (χ4n) is 1.26. The molecule has 0 atom stereocenters. The van der Waals surface area contributed by atoms with Gasteiger partial charge in [0.1, 0.15) is 5.82 Å². The lowest BCUT2D eigenvalue weighted by atomic mass is 10.3. The fourth-order valence-corrected chi connectivity index (χ4v) is 1.42. The molecule has 17 heavy (non-hydrogen) atoms. The van der Waals surface area contributed by atoms with Gasteiger partial charge >= 0.3 is 0 Å². The summed E-state index contributed by atoms with van der Waals surface area (Å²) >= 11 is 5.77. The van der Waals surface area contributed by atoms with Crippen molar-refractivity contribution in [1.29, 1.82) is 0 Å². The topological polar surface area (TPSA) is 96.7 Å². The number of carbonyl (C=O) groups is 1. The van der Waals surface area contributed by atoms with E-state index in [1.165, 1.54) is 12.3 Å². The first-order valence-corrected chi connectivity index (χ1v) is 5.19. The largest absolute Gasteiger partial charge is 0.395 e. The molecule has 0 aliphatic heterocycles. The van der Waals surface area contributed by atoms with Crippen LogP contribution in [0.3, 0.4) is 0 Å². The van der Waals surface area contributed by atoms with Crippen LogP contribution in [0.2, 0.25) is 5.02 Å². The Morgan fingerprint density at radius 3 is 2.94 bits per heavy atom. The van der Waals surface area contributed by atoms with Crippen LogP contribution >= 0.6 is 11.6 Å². The van der Waals surface area contributed by atoms with Gasteiger partial charge in [0, 0.05) is 11.2 Å². The summed E-state index contributed by atoms with van der Waals surface area (Å²) in [6.07, 6.45) is 1.50. The molecule has 88 valence electrons. The maximum Gasteiger partial charge on any atom is 0.279 e. The maximum atomic E-state index is 11.8. The molecule has 0 fully saturated rings. The molecule has 1 amide bonds. The molecule has 0 bridgehead atoms. The van der Waals surface area contributed by atoms with Crippen molar-refractivity contribution in [2.24, 2.45) is 0 Å². The van der Waals surface area contributed by atoms with Crippen LogP contribution in [0.4, 0.5) is 11.5 Å². The van der Waals surface area contributed by atoms with Crippen LogP contribution in [0.15, 0.2) is 18.3 Å². The fraction of sp³-hybridized carbons (Fsp3) is 0.100. The number of rotatable bonds is 2. The number of H-pyrrole nitrogens is 1. The highest BCUT2D eigenvalue weighted by atomic mass is 35.5. The van der Waals surface area contributed by atoms with Crippen LogP contribution in [-0.2, 0) is 0 Å². The zero-order valence-corrected chi connectivity index (χ0v) is 9.75. The lowest BCUT2D eigenvalue weighted by molar-refractivity contribution is 0.102. The number of aromatic nitrogens is 3. The Labute approximate surface area is 102 Å². The van der Waals surface area contributed by atoms with Crippen molar-refractivity contribution in [3.8, 4) is 0 Å². The minimum Gasteiger partial charge on any atom is -0.395 e. The molecule has 4 N–H and O–H groups in total. The predicted molar refractivity (Wildman–Crippen MR) is 64.9 cm³/mol. The van der Waals surface area contributed by atoms with Gasteiger partial charge < -0.3 is 11.1 Å². The summed E-state index contributed by atoms with van der Waals surface area (Å²) in [6.45, 7) is 1.73. The van der Waals surface area contributed by atoms with Gasteiger partial charge in [0.15, 0.2) is 5.69 Å². The number of nitrogens with zero attached hydrogens (tertiary/aromatic N) is 2. The molecule has 0 saturated carbocycles. The summed E-state index contributed by atoms with van der Waals surface area (Å²) in [5.74, 6) is -0.0795. The van der Waals surface area contributed by atoms with E-state index in [0.717, 1.165) is 0 Å². The summed E-state index contributed by atoms with van der Waals surface area (Å²) < 4.78 is 0.